The minimum absolute atomic E-state index is 0.0919. The maximum absolute atomic E-state index is 13.8. The zero-order valence-electron chi connectivity index (χ0n) is 12.2. The fourth-order valence-corrected chi connectivity index (χ4v) is 3.38. The van der Waals surface area contributed by atoms with Crippen molar-refractivity contribution in [3.05, 3.63) is 29.6 Å². The van der Waals surface area contributed by atoms with Crippen LogP contribution in [0.5, 0.6) is 0 Å². The number of hydrogen-bond donors (Lipinski definition) is 1. The molecule has 0 bridgehead atoms. The van der Waals surface area contributed by atoms with Gasteiger partial charge in [-0.2, -0.15) is 0 Å². The van der Waals surface area contributed by atoms with Crippen LogP contribution in [-0.4, -0.2) is 47.9 Å². The van der Waals surface area contributed by atoms with E-state index >= 15 is 0 Å². The maximum Gasteiger partial charge on any atom is 0.256 e. The average molecular weight is 291 g/mol. The third kappa shape index (κ3) is 3.02. The molecule has 1 amide bonds. The second-order valence-electron chi connectivity index (χ2n) is 6.03. The first kappa shape index (κ1) is 14.3. The van der Waals surface area contributed by atoms with Crippen molar-refractivity contribution in [2.75, 3.05) is 31.9 Å². The van der Waals surface area contributed by atoms with Crippen molar-refractivity contribution < 1.29 is 9.18 Å². The lowest BCUT2D eigenvalue weighted by Gasteiger charge is -2.32. The molecule has 4 nitrogen and oxygen atoms in total. The number of carbonyl (C=O) groups excluding carboxylic acids is 1. The molecule has 21 heavy (non-hydrogen) atoms. The highest BCUT2D eigenvalue weighted by atomic mass is 19.1. The Hall–Kier alpha value is -1.62. The molecule has 1 aromatic carbocycles. The van der Waals surface area contributed by atoms with Crippen LogP contribution < -0.4 is 5.73 Å². The molecule has 0 spiro atoms. The molecular weight excluding hydrogens is 269 g/mol. The van der Waals surface area contributed by atoms with Gasteiger partial charge in [0.2, 0.25) is 0 Å². The van der Waals surface area contributed by atoms with Crippen molar-refractivity contribution in [3.63, 3.8) is 0 Å². The molecule has 5 heteroatoms. The topological polar surface area (TPSA) is 49.6 Å². The molecule has 2 heterocycles. The van der Waals surface area contributed by atoms with Crippen molar-refractivity contribution in [3.8, 4) is 0 Å². The lowest BCUT2D eigenvalue weighted by Crippen LogP contribution is -2.41. The van der Waals surface area contributed by atoms with E-state index < -0.39 is 5.82 Å². The van der Waals surface area contributed by atoms with Gasteiger partial charge in [-0.3, -0.25) is 9.69 Å². The van der Waals surface area contributed by atoms with Crippen LogP contribution >= 0.6 is 0 Å². The molecule has 2 aliphatic heterocycles. The van der Waals surface area contributed by atoms with E-state index in [0.717, 1.165) is 19.5 Å². The molecule has 1 atom stereocenters. The number of anilines is 1. The van der Waals surface area contributed by atoms with Crippen LogP contribution in [0.2, 0.25) is 0 Å². The normalized spacial score (nSPS) is 23.5. The summed E-state index contributed by atoms with van der Waals surface area (Å²) in [6, 6.07) is 4.61. The van der Waals surface area contributed by atoms with Crippen LogP contribution in [-0.2, 0) is 0 Å². The minimum atomic E-state index is -0.490. The summed E-state index contributed by atoms with van der Waals surface area (Å²) in [6.45, 7) is 3.65. The molecule has 3 rings (SSSR count). The third-order valence-electron chi connectivity index (χ3n) is 4.58. The molecule has 0 aliphatic carbocycles. The summed E-state index contributed by atoms with van der Waals surface area (Å²) in [7, 11) is 0. The van der Waals surface area contributed by atoms with Gasteiger partial charge in [-0.25, -0.2) is 4.39 Å². The predicted molar refractivity (Wildman–Crippen MR) is 80.5 cm³/mol. The maximum atomic E-state index is 13.8. The van der Waals surface area contributed by atoms with Crippen LogP contribution in [0.25, 0.3) is 0 Å². The third-order valence-corrected chi connectivity index (χ3v) is 4.58. The Kier molecular flexibility index (Phi) is 4.10. The number of halogens is 1. The molecule has 0 radical (unpaired) electrons. The van der Waals surface area contributed by atoms with Gasteiger partial charge in [-0.15, -0.1) is 0 Å². The van der Waals surface area contributed by atoms with Gasteiger partial charge in [0.15, 0.2) is 0 Å². The van der Waals surface area contributed by atoms with E-state index in [4.69, 9.17) is 5.73 Å². The molecular formula is C16H22FN3O. The van der Waals surface area contributed by atoms with Gasteiger partial charge in [0, 0.05) is 24.8 Å². The summed E-state index contributed by atoms with van der Waals surface area (Å²) in [6.07, 6.45) is 4.78. The van der Waals surface area contributed by atoms with Crippen molar-refractivity contribution >= 4 is 11.6 Å². The van der Waals surface area contributed by atoms with Crippen LogP contribution in [0.4, 0.5) is 10.1 Å². The summed E-state index contributed by atoms with van der Waals surface area (Å²) in [4.78, 5) is 16.7. The molecule has 0 aromatic heterocycles. The van der Waals surface area contributed by atoms with Crippen molar-refractivity contribution in [1.82, 2.24) is 9.80 Å². The lowest BCUT2D eigenvalue weighted by atomic mass is 10.1. The Balaban J connectivity index is 1.67. The van der Waals surface area contributed by atoms with E-state index in [1.165, 1.54) is 37.5 Å². The number of likely N-dealkylation sites (tertiary alicyclic amines) is 2. The number of nitrogen functional groups attached to an aromatic ring is 1. The van der Waals surface area contributed by atoms with Crippen molar-refractivity contribution in [2.45, 2.75) is 31.7 Å². The highest BCUT2D eigenvalue weighted by molar-refractivity contribution is 5.95. The molecule has 114 valence electrons. The minimum Gasteiger partial charge on any atom is -0.399 e. The van der Waals surface area contributed by atoms with Crippen LogP contribution in [0.3, 0.4) is 0 Å². The number of piperidine rings is 1. The Labute approximate surface area is 124 Å². The van der Waals surface area contributed by atoms with Crippen LogP contribution in [0.15, 0.2) is 18.2 Å². The van der Waals surface area contributed by atoms with E-state index in [0.29, 0.717) is 24.8 Å². The van der Waals surface area contributed by atoms with Crippen LogP contribution in [0, 0.1) is 5.82 Å². The number of benzene rings is 1. The Morgan fingerprint density at radius 3 is 2.71 bits per heavy atom. The first-order valence-electron chi connectivity index (χ1n) is 7.73. The van der Waals surface area contributed by atoms with Crippen molar-refractivity contribution in [1.29, 1.82) is 0 Å². The number of amides is 1. The highest BCUT2D eigenvalue weighted by Gasteiger charge is 2.32. The molecule has 2 saturated heterocycles. The monoisotopic (exact) mass is 291 g/mol. The standard InChI is InChI=1S/C16H22FN3O/c17-15-5-4-12(18)10-14(15)16(21)20-9-6-13(11-20)19-7-2-1-3-8-19/h4-5,10,13H,1-3,6-9,11,18H2. The van der Waals surface area contributed by atoms with E-state index in [2.05, 4.69) is 4.90 Å². The number of hydrogen-bond acceptors (Lipinski definition) is 3. The first-order chi connectivity index (χ1) is 10.1. The summed E-state index contributed by atoms with van der Waals surface area (Å²) in [5, 5.41) is 0. The Bertz CT molecular complexity index is 528. The number of rotatable bonds is 2. The number of carbonyl (C=O) groups is 1. The number of nitrogens with two attached hydrogens (primary N) is 1. The lowest BCUT2D eigenvalue weighted by molar-refractivity contribution is 0.0767. The highest BCUT2D eigenvalue weighted by Crippen LogP contribution is 2.23. The zero-order chi connectivity index (χ0) is 14.8. The zero-order valence-corrected chi connectivity index (χ0v) is 12.2. The second-order valence-corrected chi connectivity index (χ2v) is 6.03. The van der Waals surface area contributed by atoms with Crippen molar-refractivity contribution in [2.24, 2.45) is 0 Å². The van der Waals surface area contributed by atoms with Gasteiger partial charge in [-0.1, -0.05) is 6.42 Å². The van der Waals surface area contributed by atoms with E-state index in [1.54, 1.807) is 4.90 Å². The van der Waals surface area contributed by atoms with E-state index in [-0.39, 0.29) is 11.5 Å². The fraction of sp³-hybridized carbons (Fsp3) is 0.562. The van der Waals surface area contributed by atoms with Gasteiger partial charge in [0.05, 0.1) is 5.56 Å². The second kappa shape index (κ2) is 6.02. The first-order valence-corrected chi connectivity index (χ1v) is 7.73. The molecule has 2 aliphatic rings. The van der Waals surface area contributed by atoms with Crippen LogP contribution in [0.1, 0.15) is 36.0 Å². The Morgan fingerprint density at radius 2 is 1.95 bits per heavy atom. The molecule has 2 fully saturated rings. The number of nitrogens with zero attached hydrogens (tertiary/aromatic N) is 2. The molecule has 1 unspecified atom stereocenters. The van der Waals surface area contributed by atoms with Gasteiger partial charge in [0.1, 0.15) is 5.82 Å². The average Bonchev–Trinajstić information content (AvgIpc) is 3.00. The quantitative estimate of drug-likeness (QED) is 0.849. The summed E-state index contributed by atoms with van der Waals surface area (Å²) in [5.41, 5.74) is 6.18. The SMILES string of the molecule is Nc1ccc(F)c(C(=O)N2CCC(N3CCCCC3)C2)c1. The fourth-order valence-electron chi connectivity index (χ4n) is 3.38. The van der Waals surface area contributed by atoms with Gasteiger partial charge >= 0.3 is 0 Å². The summed E-state index contributed by atoms with van der Waals surface area (Å²) in [5.74, 6) is -0.727. The predicted octanol–water partition coefficient (Wildman–Crippen LogP) is 2.11. The van der Waals surface area contributed by atoms with E-state index in [9.17, 15) is 9.18 Å². The summed E-state index contributed by atoms with van der Waals surface area (Å²) >= 11 is 0. The van der Waals surface area contributed by atoms with Gasteiger partial charge in [0.25, 0.3) is 5.91 Å². The molecule has 0 saturated carbocycles. The summed E-state index contributed by atoms with van der Waals surface area (Å²) < 4.78 is 13.8. The van der Waals surface area contributed by atoms with Gasteiger partial charge < -0.3 is 10.6 Å². The molecule has 1 aromatic rings. The smallest absolute Gasteiger partial charge is 0.256 e. The van der Waals surface area contributed by atoms with E-state index in [1.807, 2.05) is 0 Å². The van der Waals surface area contributed by atoms with Gasteiger partial charge in [-0.05, 0) is 50.6 Å². The Morgan fingerprint density at radius 1 is 1.19 bits per heavy atom. The molecule has 2 N–H and O–H groups in total. The largest absolute Gasteiger partial charge is 0.399 e.